The van der Waals surface area contributed by atoms with Crippen LogP contribution in [0.3, 0.4) is 0 Å². The first kappa shape index (κ1) is 23.7. The van der Waals surface area contributed by atoms with Gasteiger partial charge in [0.05, 0.1) is 12.0 Å². The van der Waals surface area contributed by atoms with E-state index >= 15 is 0 Å². The molecule has 0 aliphatic heterocycles. The van der Waals surface area contributed by atoms with Gasteiger partial charge in [0.1, 0.15) is 5.60 Å². The Labute approximate surface area is 189 Å². The maximum atomic E-state index is 12.3. The van der Waals surface area contributed by atoms with E-state index in [1.807, 2.05) is 0 Å². The van der Waals surface area contributed by atoms with E-state index in [4.69, 9.17) is 4.74 Å². The molecule has 2 aliphatic carbocycles. The van der Waals surface area contributed by atoms with Crippen LogP contribution in [0.2, 0.25) is 0 Å². The quantitative estimate of drug-likeness (QED) is 0.300. The van der Waals surface area contributed by atoms with Gasteiger partial charge < -0.3 is 9.84 Å². The van der Waals surface area contributed by atoms with Crippen molar-refractivity contribution in [2.45, 2.75) is 96.7 Å². The molecule has 3 nitrogen and oxygen atoms in total. The summed E-state index contributed by atoms with van der Waals surface area (Å²) < 4.78 is 5.73. The van der Waals surface area contributed by atoms with Gasteiger partial charge in [0.15, 0.2) is 0 Å². The molecule has 2 rings (SSSR count). The first-order chi connectivity index (χ1) is 11.3. The second-order valence-electron chi connectivity index (χ2n) is 8.32. The third kappa shape index (κ3) is 6.62. The van der Waals surface area contributed by atoms with E-state index < -0.39 is 5.60 Å². The summed E-state index contributed by atoms with van der Waals surface area (Å²) in [4.78, 5) is 12.3. The maximum Gasteiger partial charge on any atom is 0.309 e. The minimum atomic E-state index is -0.953. The van der Waals surface area contributed by atoms with Gasteiger partial charge in [0.25, 0.3) is 0 Å². The summed E-state index contributed by atoms with van der Waals surface area (Å²) in [5.74, 6) is 2.11. The molecule has 0 spiro atoms. The number of hydrogen-bond donors (Lipinski definition) is 1. The van der Waals surface area contributed by atoms with E-state index in [1.54, 1.807) is 6.92 Å². The zero-order chi connectivity index (χ0) is 17.8. The Morgan fingerprint density at radius 3 is 2.28 bits per heavy atom. The first-order valence-corrected chi connectivity index (χ1v) is 9.95. The normalized spacial score (nSPS) is 27.0. The Bertz CT molecular complexity index is 446. The second-order valence-corrected chi connectivity index (χ2v) is 8.32. The number of carbonyl (C=O) groups excluding carboxylic acids is 1. The van der Waals surface area contributed by atoms with Crippen molar-refractivity contribution in [2.24, 2.45) is 17.8 Å². The molecule has 25 heavy (non-hydrogen) atoms. The number of esters is 1. The largest absolute Gasteiger partial charge is 0.459 e. The third-order valence-corrected chi connectivity index (χ3v) is 6.50. The molecule has 2 aliphatic rings. The molecule has 4 unspecified atom stereocenters. The van der Waals surface area contributed by atoms with Crippen LogP contribution < -0.4 is 0 Å². The predicted octanol–water partition coefficient (Wildman–Crippen LogP) is 5.02. The second kappa shape index (κ2) is 10.2. The SMILES string of the molecule is CCC(CC)(CC)OC(=O)CC(C)(O)CCCC1CC2C=CC1C2.[Ac]. The monoisotopic (exact) mass is 563 g/mol. The van der Waals surface area contributed by atoms with Crippen LogP contribution >= 0.6 is 0 Å². The van der Waals surface area contributed by atoms with Crippen molar-refractivity contribution in [3.8, 4) is 0 Å². The third-order valence-electron chi connectivity index (χ3n) is 6.50. The average molecular weight is 564 g/mol. The zero-order valence-corrected chi connectivity index (χ0v) is 21.3. The summed E-state index contributed by atoms with van der Waals surface area (Å²) in [7, 11) is 0. The number of fused-ring (bicyclic) bond motifs is 2. The van der Waals surface area contributed by atoms with Crippen molar-refractivity contribution in [1.29, 1.82) is 0 Å². The summed E-state index contributed by atoms with van der Waals surface area (Å²) >= 11 is 0. The Hall–Kier alpha value is 0.612. The summed E-state index contributed by atoms with van der Waals surface area (Å²) in [6, 6.07) is 0. The van der Waals surface area contributed by atoms with Crippen LogP contribution in [0.5, 0.6) is 0 Å². The molecule has 141 valence electrons. The van der Waals surface area contributed by atoms with Gasteiger partial charge in [-0.2, -0.15) is 0 Å². The average Bonchev–Trinajstić information content (AvgIpc) is 3.15. The van der Waals surface area contributed by atoms with Crippen LogP contribution in [-0.4, -0.2) is 22.3 Å². The van der Waals surface area contributed by atoms with E-state index in [9.17, 15) is 9.90 Å². The van der Waals surface area contributed by atoms with Gasteiger partial charge >= 0.3 is 5.97 Å². The van der Waals surface area contributed by atoms with Crippen molar-refractivity contribution in [1.82, 2.24) is 0 Å². The first-order valence-electron chi connectivity index (χ1n) is 9.95. The van der Waals surface area contributed by atoms with E-state index in [-0.39, 0.29) is 62.1 Å². The molecular weight excluding hydrogens is 527 g/mol. The molecular formula is C21H36AcO3. The number of rotatable bonds is 10. The molecule has 0 amide bonds. The van der Waals surface area contributed by atoms with Gasteiger partial charge in [-0.25, -0.2) is 0 Å². The van der Waals surface area contributed by atoms with Crippen LogP contribution in [0.1, 0.15) is 85.5 Å². The Balaban J connectivity index is 0.00000312. The molecule has 1 N–H and O–H groups in total. The van der Waals surface area contributed by atoms with Crippen molar-refractivity contribution in [3.05, 3.63) is 12.2 Å². The van der Waals surface area contributed by atoms with Gasteiger partial charge in [0.2, 0.25) is 0 Å². The topological polar surface area (TPSA) is 46.5 Å². The van der Waals surface area contributed by atoms with Crippen molar-refractivity contribution in [2.75, 3.05) is 0 Å². The van der Waals surface area contributed by atoms with Gasteiger partial charge in [-0.3, -0.25) is 4.79 Å². The summed E-state index contributed by atoms with van der Waals surface area (Å²) in [6.45, 7) is 7.95. The summed E-state index contributed by atoms with van der Waals surface area (Å²) in [5, 5.41) is 10.6. The summed E-state index contributed by atoms with van der Waals surface area (Å²) in [5.41, 5.74) is -1.31. The molecule has 0 saturated heterocycles. The van der Waals surface area contributed by atoms with Gasteiger partial charge in [-0.15, -0.1) is 0 Å². The predicted molar refractivity (Wildman–Crippen MR) is 97.6 cm³/mol. The van der Waals surface area contributed by atoms with Crippen molar-refractivity contribution < 1.29 is 58.7 Å². The van der Waals surface area contributed by atoms with E-state index in [1.165, 1.54) is 19.3 Å². The number of allylic oxidation sites excluding steroid dienone is 2. The fourth-order valence-corrected chi connectivity index (χ4v) is 4.62. The number of hydrogen-bond acceptors (Lipinski definition) is 3. The van der Waals surface area contributed by atoms with Crippen LogP contribution in [0.4, 0.5) is 0 Å². The fourth-order valence-electron chi connectivity index (χ4n) is 4.62. The molecule has 0 aromatic heterocycles. The summed E-state index contributed by atoms with van der Waals surface area (Å²) in [6.07, 6.45) is 12.8. The van der Waals surface area contributed by atoms with E-state index in [2.05, 4.69) is 32.9 Å². The zero-order valence-electron chi connectivity index (χ0n) is 16.6. The van der Waals surface area contributed by atoms with E-state index in [0.29, 0.717) is 6.42 Å². The molecule has 4 atom stereocenters. The van der Waals surface area contributed by atoms with Gasteiger partial charge in [-0.1, -0.05) is 39.3 Å². The van der Waals surface area contributed by atoms with Gasteiger partial charge in [0, 0.05) is 44.1 Å². The number of aliphatic hydroxyl groups is 1. The molecule has 4 heteroatoms. The molecule has 0 heterocycles. The molecule has 1 fully saturated rings. The Morgan fingerprint density at radius 1 is 1.16 bits per heavy atom. The minimum Gasteiger partial charge on any atom is -0.459 e. The van der Waals surface area contributed by atoms with Crippen LogP contribution in [0, 0.1) is 61.8 Å². The van der Waals surface area contributed by atoms with Crippen LogP contribution in [0.25, 0.3) is 0 Å². The smallest absolute Gasteiger partial charge is 0.309 e. The maximum absolute atomic E-state index is 12.3. The molecule has 2 bridgehead atoms. The van der Waals surface area contributed by atoms with Crippen molar-refractivity contribution in [3.63, 3.8) is 0 Å². The Morgan fingerprint density at radius 2 is 1.80 bits per heavy atom. The molecule has 0 aromatic carbocycles. The minimum absolute atomic E-state index is 0. The van der Waals surface area contributed by atoms with E-state index in [0.717, 1.165) is 43.4 Å². The number of carbonyl (C=O) groups is 1. The fraction of sp³-hybridized carbons (Fsp3) is 0.857. The molecule has 1 radical (unpaired) electrons. The number of ether oxygens (including phenoxy) is 1. The van der Waals surface area contributed by atoms with Crippen LogP contribution in [0.15, 0.2) is 12.2 Å². The molecule has 1 saturated carbocycles. The van der Waals surface area contributed by atoms with Gasteiger partial charge in [-0.05, 0) is 69.6 Å². The Kier molecular flexibility index (Phi) is 9.68. The van der Waals surface area contributed by atoms with Crippen molar-refractivity contribution >= 4 is 5.97 Å². The van der Waals surface area contributed by atoms with Crippen LogP contribution in [-0.2, 0) is 9.53 Å². The molecule has 0 aromatic rings. The standard InChI is InChI=1S/C21H36O3.Ac/c1-5-21(6-2,7-3)24-19(22)15-20(4,23)12-8-9-17-13-16-10-11-18(17)14-16;/h10-11,16-18,23H,5-9,12-15H2,1-4H3;.